The molecule has 0 atom stereocenters. The molecule has 1 heterocycles. The van der Waals surface area contributed by atoms with E-state index in [9.17, 15) is 4.79 Å². The lowest BCUT2D eigenvalue weighted by atomic mass is 10.2. The van der Waals surface area contributed by atoms with Gasteiger partial charge >= 0.3 is 0 Å². The zero-order valence-electron chi connectivity index (χ0n) is 12.8. The van der Waals surface area contributed by atoms with Gasteiger partial charge in [0, 0.05) is 17.1 Å². The number of nitrogens with zero attached hydrogens (tertiary/aromatic N) is 2. The van der Waals surface area contributed by atoms with Crippen LogP contribution in [0.25, 0.3) is 0 Å². The Kier molecular flexibility index (Phi) is 6.88. The van der Waals surface area contributed by atoms with Gasteiger partial charge in [0.05, 0.1) is 5.75 Å². The van der Waals surface area contributed by atoms with Crippen LogP contribution in [0, 0.1) is 6.92 Å². The summed E-state index contributed by atoms with van der Waals surface area (Å²) in [5.74, 6) is 0.617. The molecule has 8 heteroatoms. The topological polar surface area (TPSA) is 94.0 Å². The third-order valence-electron chi connectivity index (χ3n) is 3.16. The average Bonchev–Trinajstić information content (AvgIpc) is 2.98. The van der Waals surface area contributed by atoms with Crippen LogP contribution in [0.15, 0.2) is 27.8 Å². The number of aromatic nitrogens is 2. The molecule has 6 nitrogen and oxygen atoms in total. The van der Waals surface area contributed by atoms with Gasteiger partial charge < -0.3 is 15.5 Å². The number of halogens is 1. The van der Waals surface area contributed by atoms with E-state index in [1.165, 1.54) is 11.8 Å². The molecular weight excluding hydrogens is 336 g/mol. The van der Waals surface area contributed by atoms with Gasteiger partial charge in [0.1, 0.15) is 0 Å². The van der Waals surface area contributed by atoms with Crippen LogP contribution in [-0.2, 0) is 11.2 Å². The molecule has 0 fully saturated rings. The third-order valence-corrected chi connectivity index (χ3v) is 4.39. The average molecular weight is 355 g/mol. The van der Waals surface area contributed by atoms with Gasteiger partial charge in [-0.2, -0.15) is 0 Å². The smallest absolute Gasteiger partial charge is 0.277 e. The number of aryl methyl sites for hydroxylation is 1. The Morgan fingerprint density at radius 2 is 2.22 bits per heavy atom. The maximum absolute atomic E-state index is 12.0. The molecule has 1 amide bonds. The van der Waals surface area contributed by atoms with Crippen LogP contribution in [0.3, 0.4) is 0 Å². The second-order valence-corrected chi connectivity index (χ2v) is 6.29. The van der Waals surface area contributed by atoms with Crippen molar-refractivity contribution in [3.05, 3.63) is 34.7 Å². The first-order valence-corrected chi connectivity index (χ1v) is 8.66. The molecule has 0 aliphatic rings. The number of carbonyl (C=O) groups is 1. The molecule has 0 radical (unpaired) electrons. The molecule has 2 rings (SSSR count). The van der Waals surface area contributed by atoms with Gasteiger partial charge in [-0.15, -0.1) is 10.2 Å². The Hall–Kier alpha value is -1.57. The van der Waals surface area contributed by atoms with E-state index in [1.807, 2.05) is 13.0 Å². The number of rotatable bonds is 8. The van der Waals surface area contributed by atoms with Crippen LogP contribution in [-0.4, -0.2) is 28.4 Å². The second-order valence-electron chi connectivity index (χ2n) is 4.96. The molecule has 0 spiro atoms. The largest absolute Gasteiger partial charge is 0.416 e. The highest BCUT2D eigenvalue weighted by atomic mass is 35.5. The summed E-state index contributed by atoms with van der Waals surface area (Å²) in [6.07, 6.45) is 2.54. The van der Waals surface area contributed by atoms with Crippen molar-refractivity contribution in [2.24, 2.45) is 5.73 Å². The first-order valence-electron chi connectivity index (χ1n) is 7.30. The summed E-state index contributed by atoms with van der Waals surface area (Å²) in [5, 5.41) is 11.7. The van der Waals surface area contributed by atoms with E-state index in [4.69, 9.17) is 21.8 Å². The number of nitrogens with one attached hydrogen (secondary N) is 1. The number of benzene rings is 1. The highest BCUT2D eigenvalue weighted by Gasteiger charge is 2.11. The van der Waals surface area contributed by atoms with E-state index in [-0.39, 0.29) is 11.7 Å². The summed E-state index contributed by atoms with van der Waals surface area (Å²) < 4.78 is 5.47. The van der Waals surface area contributed by atoms with Crippen molar-refractivity contribution in [1.82, 2.24) is 10.2 Å². The molecule has 0 saturated heterocycles. The van der Waals surface area contributed by atoms with Crippen molar-refractivity contribution < 1.29 is 9.21 Å². The Bertz CT molecular complexity index is 663. The Morgan fingerprint density at radius 1 is 1.39 bits per heavy atom. The highest BCUT2D eigenvalue weighted by Crippen LogP contribution is 2.23. The number of hydrogen-bond acceptors (Lipinski definition) is 6. The molecule has 0 bridgehead atoms. The highest BCUT2D eigenvalue weighted by molar-refractivity contribution is 7.99. The molecule has 1 aromatic carbocycles. The van der Waals surface area contributed by atoms with Crippen molar-refractivity contribution in [3.63, 3.8) is 0 Å². The van der Waals surface area contributed by atoms with Gasteiger partial charge in [0.2, 0.25) is 11.8 Å². The van der Waals surface area contributed by atoms with E-state index in [2.05, 4.69) is 15.5 Å². The molecule has 0 unspecified atom stereocenters. The van der Waals surface area contributed by atoms with Crippen molar-refractivity contribution in [2.45, 2.75) is 31.4 Å². The maximum atomic E-state index is 12.0. The molecular formula is C15H19ClN4O2S. The first-order chi connectivity index (χ1) is 11.1. The van der Waals surface area contributed by atoms with Crippen molar-refractivity contribution in [3.8, 4) is 0 Å². The fraction of sp³-hybridized carbons (Fsp3) is 0.400. The molecule has 0 aliphatic heterocycles. The van der Waals surface area contributed by atoms with Gasteiger partial charge in [-0.1, -0.05) is 29.4 Å². The number of unbranched alkanes of at least 4 members (excludes halogenated alkanes) is 1. The number of amides is 1. The summed E-state index contributed by atoms with van der Waals surface area (Å²) in [4.78, 5) is 12.0. The number of nitrogens with two attached hydrogens (primary N) is 1. The van der Waals surface area contributed by atoms with Gasteiger partial charge in [-0.25, -0.2) is 0 Å². The molecule has 124 valence electrons. The molecule has 3 N–H and O–H groups in total. The normalized spacial score (nSPS) is 10.7. The minimum Gasteiger partial charge on any atom is -0.416 e. The van der Waals surface area contributed by atoms with E-state index in [0.717, 1.165) is 18.4 Å². The summed E-state index contributed by atoms with van der Waals surface area (Å²) in [6.45, 7) is 2.51. The van der Waals surface area contributed by atoms with E-state index in [1.54, 1.807) is 12.1 Å². The van der Waals surface area contributed by atoms with Crippen LogP contribution >= 0.6 is 23.4 Å². The summed E-state index contributed by atoms with van der Waals surface area (Å²) in [6, 6.07) is 5.39. The van der Waals surface area contributed by atoms with E-state index in [0.29, 0.717) is 34.8 Å². The van der Waals surface area contributed by atoms with Crippen molar-refractivity contribution >= 4 is 35.0 Å². The standard InChI is InChI=1S/C15H19ClN4O2S/c1-10-11(16)5-4-6-12(10)18-13(21)9-23-15-20-19-14(22-15)7-2-3-8-17/h4-6H,2-3,7-9,17H2,1H3,(H,18,21). The number of carbonyl (C=O) groups excluding carboxylic acids is 1. The number of anilines is 1. The van der Waals surface area contributed by atoms with E-state index < -0.39 is 0 Å². The minimum absolute atomic E-state index is 0.150. The monoisotopic (exact) mass is 354 g/mol. The van der Waals surface area contributed by atoms with E-state index >= 15 is 0 Å². The van der Waals surface area contributed by atoms with Crippen LogP contribution in [0.2, 0.25) is 5.02 Å². The fourth-order valence-electron chi connectivity index (χ4n) is 1.87. The van der Waals surface area contributed by atoms with Crippen LogP contribution in [0.1, 0.15) is 24.3 Å². The molecule has 2 aromatic rings. The van der Waals surface area contributed by atoms with Crippen molar-refractivity contribution in [2.75, 3.05) is 17.6 Å². The molecule has 0 saturated carbocycles. The SMILES string of the molecule is Cc1c(Cl)cccc1NC(=O)CSc1nnc(CCCCN)o1. The predicted molar refractivity (Wildman–Crippen MR) is 91.8 cm³/mol. The van der Waals surface area contributed by atoms with Gasteiger partial charge in [0.15, 0.2) is 0 Å². The maximum Gasteiger partial charge on any atom is 0.277 e. The van der Waals surface area contributed by atoms with Crippen LogP contribution in [0.5, 0.6) is 0 Å². The minimum atomic E-state index is -0.150. The zero-order valence-corrected chi connectivity index (χ0v) is 14.4. The quantitative estimate of drug-likeness (QED) is 0.559. The fourth-order valence-corrected chi connectivity index (χ4v) is 2.63. The van der Waals surface area contributed by atoms with Gasteiger partial charge in [-0.05, 0) is 44.0 Å². The number of hydrogen-bond donors (Lipinski definition) is 2. The Morgan fingerprint density at radius 3 is 3.00 bits per heavy atom. The lowest BCUT2D eigenvalue weighted by Crippen LogP contribution is -2.14. The predicted octanol–water partition coefficient (Wildman–Crippen LogP) is 3.04. The lowest BCUT2D eigenvalue weighted by Gasteiger charge is -2.08. The lowest BCUT2D eigenvalue weighted by molar-refractivity contribution is -0.113. The first kappa shape index (κ1) is 17.8. The summed E-state index contributed by atoms with van der Waals surface area (Å²) >= 11 is 7.24. The van der Waals surface area contributed by atoms with Crippen LogP contribution in [0.4, 0.5) is 5.69 Å². The van der Waals surface area contributed by atoms with Gasteiger partial charge in [0.25, 0.3) is 5.22 Å². The van der Waals surface area contributed by atoms with Crippen LogP contribution < -0.4 is 11.1 Å². The molecule has 23 heavy (non-hydrogen) atoms. The third kappa shape index (κ3) is 5.53. The molecule has 1 aromatic heterocycles. The Labute approximate surface area is 144 Å². The van der Waals surface area contributed by atoms with Gasteiger partial charge in [-0.3, -0.25) is 4.79 Å². The number of thioether (sulfide) groups is 1. The summed E-state index contributed by atoms with van der Waals surface area (Å²) in [7, 11) is 0. The zero-order chi connectivity index (χ0) is 16.7. The second kappa shape index (κ2) is 8.90. The summed E-state index contributed by atoms with van der Waals surface area (Å²) in [5.41, 5.74) is 6.98. The van der Waals surface area contributed by atoms with Crippen molar-refractivity contribution in [1.29, 1.82) is 0 Å². The molecule has 0 aliphatic carbocycles. The Balaban J connectivity index is 1.81.